The van der Waals surface area contributed by atoms with Crippen molar-refractivity contribution < 1.29 is 9.53 Å². The number of hydrogen-bond donors (Lipinski definition) is 0. The minimum atomic E-state index is 0.232. The summed E-state index contributed by atoms with van der Waals surface area (Å²) in [6.07, 6.45) is 3.15. The van der Waals surface area contributed by atoms with Crippen molar-refractivity contribution >= 4 is 5.91 Å². The fourth-order valence-corrected chi connectivity index (χ4v) is 1.70. The monoisotopic (exact) mass is 199 g/mol. The van der Waals surface area contributed by atoms with Gasteiger partial charge in [-0.2, -0.15) is 0 Å². The molecule has 82 valence electrons. The average Bonchev–Trinajstić information content (AvgIpc) is 2.55. The van der Waals surface area contributed by atoms with Crippen molar-refractivity contribution in [2.24, 2.45) is 5.92 Å². The van der Waals surface area contributed by atoms with Crippen LogP contribution >= 0.6 is 0 Å². The Morgan fingerprint density at radius 1 is 1.57 bits per heavy atom. The van der Waals surface area contributed by atoms with Crippen LogP contribution in [-0.4, -0.2) is 37.1 Å². The van der Waals surface area contributed by atoms with E-state index in [2.05, 4.69) is 13.8 Å². The maximum absolute atomic E-state index is 11.6. The van der Waals surface area contributed by atoms with Gasteiger partial charge in [0.25, 0.3) is 0 Å². The molecule has 1 atom stereocenters. The molecular formula is C11H21NO2. The van der Waals surface area contributed by atoms with Crippen LogP contribution in [0.2, 0.25) is 0 Å². The number of hydrogen-bond acceptors (Lipinski definition) is 2. The SMILES string of the molecule is CC(C)CC(=O)N(C)CC1CCCO1. The quantitative estimate of drug-likeness (QED) is 0.689. The second-order valence-electron chi connectivity index (χ2n) is 4.51. The number of carbonyl (C=O) groups is 1. The Balaban J connectivity index is 2.25. The Hall–Kier alpha value is -0.570. The Morgan fingerprint density at radius 3 is 2.79 bits per heavy atom. The van der Waals surface area contributed by atoms with Gasteiger partial charge in [0.15, 0.2) is 0 Å². The number of carbonyl (C=O) groups excluding carboxylic acids is 1. The van der Waals surface area contributed by atoms with Gasteiger partial charge in [0.1, 0.15) is 0 Å². The first-order valence-corrected chi connectivity index (χ1v) is 5.45. The van der Waals surface area contributed by atoms with E-state index in [1.54, 1.807) is 4.90 Å². The van der Waals surface area contributed by atoms with E-state index in [-0.39, 0.29) is 12.0 Å². The molecule has 3 heteroatoms. The number of amides is 1. The summed E-state index contributed by atoms with van der Waals surface area (Å²) in [7, 11) is 1.87. The predicted molar refractivity (Wildman–Crippen MR) is 56.1 cm³/mol. The van der Waals surface area contributed by atoms with Crippen LogP contribution in [0.4, 0.5) is 0 Å². The highest BCUT2D eigenvalue weighted by atomic mass is 16.5. The summed E-state index contributed by atoms with van der Waals surface area (Å²) in [5.41, 5.74) is 0. The van der Waals surface area contributed by atoms with E-state index in [9.17, 15) is 4.79 Å². The summed E-state index contributed by atoms with van der Waals surface area (Å²) in [6.45, 7) is 5.75. The highest BCUT2D eigenvalue weighted by Gasteiger charge is 2.20. The van der Waals surface area contributed by atoms with Gasteiger partial charge in [0, 0.05) is 26.6 Å². The minimum absolute atomic E-state index is 0.232. The number of rotatable bonds is 4. The molecule has 1 unspecified atom stereocenters. The van der Waals surface area contributed by atoms with E-state index in [1.165, 1.54) is 0 Å². The molecule has 14 heavy (non-hydrogen) atoms. The molecule has 0 aromatic carbocycles. The third-order valence-electron chi connectivity index (χ3n) is 2.51. The third-order valence-corrected chi connectivity index (χ3v) is 2.51. The van der Waals surface area contributed by atoms with Gasteiger partial charge >= 0.3 is 0 Å². The lowest BCUT2D eigenvalue weighted by Crippen LogP contribution is -2.34. The van der Waals surface area contributed by atoms with Crippen molar-refractivity contribution in [1.29, 1.82) is 0 Å². The molecular weight excluding hydrogens is 178 g/mol. The van der Waals surface area contributed by atoms with E-state index in [4.69, 9.17) is 4.74 Å². The van der Waals surface area contributed by atoms with Crippen LogP contribution in [-0.2, 0) is 9.53 Å². The molecule has 0 aromatic rings. The molecule has 0 aliphatic carbocycles. The second kappa shape index (κ2) is 5.35. The molecule has 0 aromatic heterocycles. The van der Waals surface area contributed by atoms with Crippen molar-refractivity contribution in [3.63, 3.8) is 0 Å². The summed E-state index contributed by atoms with van der Waals surface area (Å²) in [5.74, 6) is 0.671. The average molecular weight is 199 g/mol. The van der Waals surface area contributed by atoms with E-state index in [0.717, 1.165) is 26.0 Å². The molecule has 0 bridgehead atoms. The second-order valence-corrected chi connectivity index (χ2v) is 4.51. The number of nitrogens with zero attached hydrogens (tertiary/aromatic N) is 1. The van der Waals surface area contributed by atoms with Gasteiger partial charge in [0.2, 0.25) is 5.91 Å². The van der Waals surface area contributed by atoms with Gasteiger partial charge in [-0.25, -0.2) is 0 Å². The summed E-state index contributed by atoms with van der Waals surface area (Å²) in [4.78, 5) is 13.4. The van der Waals surface area contributed by atoms with E-state index >= 15 is 0 Å². The molecule has 0 spiro atoms. The molecule has 1 aliphatic heterocycles. The molecule has 3 nitrogen and oxygen atoms in total. The maximum Gasteiger partial charge on any atom is 0.222 e. The molecule has 0 radical (unpaired) electrons. The van der Waals surface area contributed by atoms with Crippen molar-refractivity contribution in [2.45, 2.75) is 39.2 Å². The van der Waals surface area contributed by atoms with Gasteiger partial charge in [0.05, 0.1) is 6.10 Å². The number of likely N-dealkylation sites (N-methyl/N-ethyl adjacent to an activating group) is 1. The lowest BCUT2D eigenvalue weighted by Gasteiger charge is -2.21. The van der Waals surface area contributed by atoms with Crippen molar-refractivity contribution in [2.75, 3.05) is 20.2 Å². The van der Waals surface area contributed by atoms with Crippen molar-refractivity contribution in [3.8, 4) is 0 Å². The predicted octanol–water partition coefficient (Wildman–Crippen LogP) is 1.67. The summed E-state index contributed by atoms with van der Waals surface area (Å²) in [6, 6.07) is 0. The smallest absolute Gasteiger partial charge is 0.222 e. The molecule has 0 N–H and O–H groups in total. The maximum atomic E-state index is 11.6. The molecule has 1 aliphatic rings. The van der Waals surface area contributed by atoms with Crippen LogP contribution < -0.4 is 0 Å². The molecule has 0 saturated carbocycles. The minimum Gasteiger partial charge on any atom is -0.376 e. The van der Waals surface area contributed by atoms with E-state index in [0.29, 0.717) is 12.3 Å². The Bertz CT molecular complexity index is 186. The molecule has 1 rings (SSSR count). The van der Waals surface area contributed by atoms with Crippen LogP contribution in [0.25, 0.3) is 0 Å². The Morgan fingerprint density at radius 2 is 2.29 bits per heavy atom. The molecule has 1 amide bonds. The van der Waals surface area contributed by atoms with Crippen molar-refractivity contribution in [3.05, 3.63) is 0 Å². The van der Waals surface area contributed by atoms with Crippen LogP contribution in [0.15, 0.2) is 0 Å². The zero-order valence-corrected chi connectivity index (χ0v) is 9.45. The fourth-order valence-electron chi connectivity index (χ4n) is 1.70. The highest BCUT2D eigenvalue weighted by molar-refractivity contribution is 5.76. The van der Waals surface area contributed by atoms with E-state index in [1.807, 2.05) is 7.05 Å². The number of ether oxygens (including phenoxy) is 1. The van der Waals surface area contributed by atoms with Crippen LogP contribution in [0, 0.1) is 5.92 Å². The normalized spacial score (nSPS) is 21.6. The molecule has 1 heterocycles. The lowest BCUT2D eigenvalue weighted by atomic mass is 10.1. The first-order valence-electron chi connectivity index (χ1n) is 5.45. The summed E-state index contributed by atoms with van der Waals surface area (Å²) < 4.78 is 5.48. The Kier molecular flexibility index (Phi) is 4.39. The first kappa shape index (κ1) is 11.5. The van der Waals surface area contributed by atoms with Crippen LogP contribution in [0.3, 0.4) is 0 Å². The first-order chi connectivity index (χ1) is 6.59. The topological polar surface area (TPSA) is 29.5 Å². The molecule has 1 saturated heterocycles. The van der Waals surface area contributed by atoms with Gasteiger partial charge in [-0.1, -0.05) is 13.8 Å². The van der Waals surface area contributed by atoms with Gasteiger partial charge < -0.3 is 9.64 Å². The molecule has 1 fully saturated rings. The summed E-state index contributed by atoms with van der Waals surface area (Å²) >= 11 is 0. The zero-order valence-electron chi connectivity index (χ0n) is 9.45. The Labute approximate surface area is 86.4 Å². The highest BCUT2D eigenvalue weighted by Crippen LogP contribution is 2.13. The fraction of sp³-hybridized carbons (Fsp3) is 0.909. The largest absolute Gasteiger partial charge is 0.376 e. The third kappa shape index (κ3) is 3.66. The van der Waals surface area contributed by atoms with Crippen LogP contribution in [0.5, 0.6) is 0 Å². The van der Waals surface area contributed by atoms with Gasteiger partial charge in [-0.05, 0) is 18.8 Å². The van der Waals surface area contributed by atoms with Gasteiger partial charge in [-0.15, -0.1) is 0 Å². The van der Waals surface area contributed by atoms with E-state index < -0.39 is 0 Å². The van der Waals surface area contributed by atoms with Crippen molar-refractivity contribution in [1.82, 2.24) is 4.90 Å². The standard InChI is InChI=1S/C11H21NO2/c1-9(2)7-11(13)12(3)8-10-5-4-6-14-10/h9-10H,4-8H2,1-3H3. The van der Waals surface area contributed by atoms with Gasteiger partial charge in [-0.3, -0.25) is 4.79 Å². The zero-order chi connectivity index (χ0) is 10.6. The van der Waals surface area contributed by atoms with Crippen LogP contribution in [0.1, 0.15) is 33.1 Å². The lowest BCUT2D eigenvalue weighted by molar-refractivity contribution is -0.132. The summed E-state index contributed by atoms with van der Waals surface area (Å²) in [5, 5.41) is 0.